The van der Waals surface area contributed by atoms with Gasteiger partial charge in [-0.1, -0.05) is 6.92 Å². The summed E-state index contributed by atoms with van der Waals surface area (Å²) >= 11 is 5.61. The van der Waals surface area contributed by atoms with E-state index in [9.17, 15) is 9.59 Å². The van der Waals surface area contributed by atoms with Crippen LogP contribution in [0.1, 0.15) is 32.6 Å². The Morgan fingerprint density at radius 3 is 2.45 bits per heavy atom. The van der Waals surface area contributed by atoms with E-state index in [0.717, 1.165) is 52.0 Å². The molecule has 1 aliphatic heterocycles. The molecule has 0 aromatic rings. The zero-order valence-electron chi connectivity index (χ0n) is 12.4. The molecule has 0 radical (unpaired) electrons. The third-order valence-corrected chi connectivity index (χ3v) is 3.71. The molecule has 116 valence electrons. The number of piperazine rings is 1. The molecule has 20 heavy (non-hydrogen) atoms. The standard InChI is InChI=1S/C14H26ClN3O2/c1-2-7-16-13(19)12-17-8-10-18(11-9-17)14(20)5-3-4-6-15/h2-12H2,1H3,(H,16,19). The maximum absolute atomic E-state index is 11.9. The van der Waals surface area contributed by atoms with Crippen molar-refractivity contribution in [1.82, 2.24) is 15.1 Å². The summed E-state index contributed by atoms with van der Waals surface area (Å²) in [5.41, 5.74) is 0. The second-order valence-corrected chi connectivity index (χ2v) is 5.53. The van der Waals surface area contributed by atoms with Crippen LogP contribution in [0.15, 0.2) is 0 Å². The van der Waals surface area contributed by atoms with Crippen LogP contribution in [-0.2, 0) is 9.59 Å². The molecular weight excluding hydrogens is 278 g/mol. The normalized spacial score (nSPS) is 16.2. The molecule has 0 aliphatic carbocycles. The lowest BCUT2D eigenvalue weighted by Gasteiger charge is -2.34. The van der Waals surface area contributed by atoms with Crippen molar-refractivity contribution in [3.8, 4) is 0 Å². The van der Waals surface area contributed by atoms with E-state index >= 15 is 0 Å². The van der Waals surface area contributed by atoms with Crippen LogP contribution < -0.4 is 5.32 Å². The summed E-state index contributed by atoms with van der Waals surface area (Å²) in [6.07, 6.45) is 3.30. The van der Waals surface area contributed by atoms with Crippen LogP contribution in [0.4, 0.5) is 0 Å². The van der Waals surface area contributed by atoms with Gasteiger partial charge in [0.1, 0.15) is 0 Å². The van der Waals surface area contributed by atoms with Gasteiger partial charge in [0.15, 0.2) is 0 Å². The van der Waals surface area contributed by atoms with Gasteiger partial charge in [0.2, 0.25) is 11.8 Å². The van der Waals surface area contributed by atoms with Crippen molar-refractivity contribution >= 4 is 23.4 Å². The molecule has 1 aliphatic rings. The Balaban J connectivity index is 2.19. The summed E-state index contributed by atoms with van der Waals surface area (Å²) < 4.78 is 0. The van der Waals surface area contributed by atoms with Gasteiger partial charge in [0.25, 0.3) is 0 Å². The summed E-state index contributed by atoms with van der Waals surface area (Å²) in [5, 5.41) is 2.87. The lowest BCUT2D eigenvalue weighted by Crippen LogP contribution is -2.51. The molecular formula is C14H26ClN3O2. The van der Waals surface area contributed by atoms with E-state index in [0.29, 0.717) is 18.8 Å². The quantitative estimate of drug-likeness (QED) is 0.539. The van der Waals surface area contributed by atoms with Gasteiger partial charge in [0, 0.05) is 45.0 Å². The first-order chi connectivity index (χ1) is 9.67. The van der Waals surface area contributed by atoms with Crippen LogP contribution in [-0.4, -0.2) is 66.8 Å². The topological polar surface area (TPSA) is 52.7 Å². The summed E-state index contributed by atoms with van der Waals surface area (Å²) in [7, 11) is 0. The van der Waals surface area contributed by atoms with E-state index in [4.69, 9.17) is 11.6 Å². The molecule has 0 unspecified atom stereocenters. The summed E-state index contributed by atoms with van der Waals surface area (Å²) in [6.45, 7) is 6.21. The molecule has 1 fully saturated rings. The van der Waals surface area contributed by atoms with Gasteiger partial charge in [-0.15, -0.1) is 11.6 Å². The lowest BCUT2D eigenvalue weighted by molar-refractivity contribution is -0.133. The zero-order chi connectivity index (χ0) is 14.8. The number of carbonyl (C=O) groups excluding carboxylic acids is 2. The maximum atomic E-state index is 11.9. The minimum atomic E-state index is 0.0775. The van der Waals surface area contributed by atoms with Gasteiger partial charge in [-0.2, -0.15) is 0 Å². The number of amides is 2. The fourth-order valence-electron chi connectivity index (χ4n) is 2.21. The summed E-state index contributed by atoms with van der Waals surface area (Å²) in [6, 6.07) is 0. The van der Waals surface area contributed by atoms with Crippen LogP contribution in [0.3, 0.4) is 0 Å². The zero-order valence-corrected chi connectivity index (χ0v) is 13.1. The van der Waals surface area contributed by atoms with Crippen molar-refractivity contribution in [2.45, 2.75) is 32.6 Å². The molecule has 1 N–H and O–H groups in total. The van der Waals surface area contributed by atoms with Crippen LogP contribution in [0.5, 0.6) is 0 Å². The highest BCUT2D eigenvalue weighted by molar-refractivity contribution is 6.17. The first kappa shape index (κ1) is 17.2. The highest BCUT2D eigenvalue weighted by atomic mass is 35.5. The Hall–Kier alpha value is -0.810. The molecule has 0 atom stereocenters. The van der Waals surface area contributed by atoms with Crippen LogP contribution in [0.2, 0.25) is 0 Å². The van der Waals surface area contributed by atoms with Gasteiger partial charge in [-0.25, -0.2) is 0 Å². The average Bonchev–Trinajstić information content (AvgIpc) is 2.46. The van der Waals surface area contributed by atoms with E-state index in [1.807, 2.05) is 11.8 Å². The Bertz CT molecular complexity index is 305. The molecule has 0 aromatic heterocycles. The number of hydrogen-bond acceptors (Lipinski definition) is 3. The molecule has 5 nitrogen and oxygen atoms in total. The highest BCUT2D eigenvalue weighted by Gasteiger charge is 2.21. The molecule has 2 amide bonds. The van der Waals surface area contributed by atoms with Crippen molar-refractivity contribution in [1.29, 1.82) is 0 Å². The fraction of sp³-hybridized carbons (Fsp3) is 0.857. The predicted molar refractivity (Wildman–Crippen MR) is 80.9 cm³/mol. The number of nitrogens with zero attached hydrogens (tertiary/aromatic N) is 2. The minimum absolute atomic E-state index is 0.0775. The molecule has 6 heteroatoms. The maximum Gasteiger partial charge on any atom is 0.234 e. The molecule has 0 spiro atoms. The number of hydrogen-bond donors (Lipinski definition) is 1. The van der Waals surface area contributed by atoms with Crippen molar-refractivity contribution < 1.29 is 9.59 Å². The van der Waals surface area contributed by atoms with E-state index in [-0.39, 0.29) is 11.8 Å². The van der Waals surface area contributed by atoms with Crippen LogP contribution >= 0.6 is 11.6 Å². The van der Waals surface area contributed by atoms with E-state index in [1.54, 1.807) is 0 Å². The van der Waals surface area contributed by atoms with Crippen molar-refractivity contribution in [3.05, 3.63) is 0 Å². The van der Waals surface area contributed by atoms with Crippen molar-refractivity contribution in [2.75, 3.05) is 45.1 Å². The Kier molecular flexibility index (Phi) is 8.62. The fourth-order valence-corrected chi connectivity index (χ4v) is 2.40. The lowest BCUT2D eigenvalue weighted by atomic mass is 10.2. The minimum Gasteiger partial charge on any atom is -0.355 e. The molecule has 0 bridgehead atoms. The SMILES string of the molecule is CCCNC(=O)CN1CCN(C(=O)CCCCCl)CC1. The highest BCUT2D eigenvalue weighted by Crippen LogP contribution is 2.06. The molecule has 0 aromatic carbocycles. The van der Waals surface area contributed by atoms with Gasteiger partial charge >= 0.3 is 0 Å². The molecule has 1 heterocycles. The molecule has 1 rings (SSSR count). The first-order valence-electron chi connectivity index (χ1n) is 7.50. The Labute approximate surface area is 126 Å². The van der Waals surface area contributed by atoms with Gasteiger partial charge in [0.05, 0.1) is 6.54 Å². The third kappa shape index (κ3) is 6.57. The number of alkyl halides is 1. The molecule has 0 saturated carbocycles. The van der Waals surface area contributed by atoms with Crippen LogP contribution in [0.25, 0.3) is 0 Å². The number of carbonyl (C=O) groups is 2. The monoisotopic (exact) mass is 303 g/mol. The Morgan fingerprint density at radius 2 is 1.85 bits per heavy atom. The number of halogens is 1. The average molecular weight is 304 g/mol. The van der Waals surface area contributed by atoms with Crippen LogP contribution in [0, 0.1) is 0 Å². The van der Waals surface area contributed by atoms with E-state index in [2.05, 4.69) is 10.2 Å². The second kappa shape index (κ2) is 10.00. The predicted octanol–water partition coefficient (Wildman–Crippen LogP) is 1.07. The number of unbranched alkanes of at least 4 members (excludes halogenated alkanes) is 1. The summed E-state index contributed by atoms with van der Waals surface area (Å²) in [4.78, 5) is 27.5. The second-order valence-electron chi connectivity index (χ2n) is 5.15. The van der Waals surface area contributed by atoms with Gasteiger partial charge in [-0.3, -0.25) is 14.5 Å². The van der Waals surface area contributed by atoms with E-state index < -0.39 is 0 Å². The molecule has 1 saturated heterocycles. The van der Waals surface area contributed by atoms with Gasteiger partial charge < -0.3 is 10.2 Å². The van der Waals surface area contributed by atoms with E-state index in [1.165, 1.54) is 0 Å². The summed E-state index contributed by atoms with van der Waals surface area (Å²) in [5.74, 6) is 0.910. The largest absolute Gasteiger partial charge is 0.355 e. The number of rotatable bonds is 8. The smallest absolute Gasteiger partial charge is 0.234 e. The Morgan fingerprint density at radius 1 is 1.15 bits per heavy atom. The number of nitrogens with one attached hydrogen (secondary N) is 1. The third-order valence-electron chi connectivity index (χ3n) is 3.44. The van der Waals surface area contributed by atoms with Gasteiger partial charge in [-0.05, 0) is 19.3 Å². The van der Waals surface area contributed by atoms with Crippen molar-refractivity contribution in [3.63, 3.8) is 0 Å². The van der Waals surface area contributed by atoms with Crippen molar-refractivity contribution in [2.24, 2.45) is 0 Å². The first-order valence-corrected chi connectivity index (χ1v) is 8.03.